The van der Waals surface area contributed by atoms with Gasteiger partial charge in [0.05, 0.1) is 29.9 Å². The fourth-order valence-corrected chi connectivity index (χ4v) is 3.25. The lowest BCUT2D eigenvalue weighted by Crippen LogP contribution is -2.41. The van der Waals surface area contributed by atoms with E-state index < -0.39 is 23.3 Å². The van der Waals surface area contributed by atoms with Gasteiger partial charge in [-0.3, -0.25) is 9.59 Å². The fourth-order valence-electron chi connectivity index (χ4n) is 3.25. The predicted octanol–water partition coefficient (Wildman–Crippen LogP) is 3.33. The van der Waals surface area contributed by atoms with Crippen molar-refractivity contribution in [3.8, 4) is 17.2 Å². The zero-order valence-corrected chi connectivity index (χ0v) is 16.8. The summed E-state index contributed by atoms with van der Waals surface area (Å²) in [5, 5.41) is 20.8. The molecule has 0 spiro atoms. The van der Waals surface area contributed by atoms with Crippen molar-refractivity contribution in [1.29, 1.82) is 0 Å². The Morgan fingerprint density at radius 2 is 1.64 bits per heavy atom. The average Bonchev–Trinajstić information content (AvgIpc) is 2.65. The smallest absolute Gasteiger partial charge is 0.202 e. The van der Waals surface area contributed by atoms with Crippen LogP contribution in [0.15, 0.2) is 18.2 Å². The maximum Gasteiger partial charge on any atom is 0.202 e. The van der Waals surface area contributed by atoms with Crippen LogP contribution in [-0.2, 0) is 0 Å². The van der Waals surface area contributed by atoms with Crippen LogP contribution in [0.2, 0.25) is 0 Å². The third-order valence-corrected chi connectivity index (χ3v) is 5.52. The second-order valence-corrected chi connectivity index (χ2v) is 7.60. The molecule has 0 amide bonds. The summed E-state index contributed by atoms with van der Waals surface area (Å²) >= 11 is 0. The number of aliphatic hydroxyl groups is 1. The highest BCUT2D eigenvalue weighted by Crippen LogP contribution is 2.45. The van der Waals surface area contributed by atoms with Crippen molar-refractivity contribution in [2.75, 3.05) is 7.11 Å². The first kappa shape index (κ1) is 19.9. The Morgan fingerprint density at radius 3 is 2.21 bits per heavy atom. The van der Waals surface area contributed by atoms with Gasteiger partial charge in [0.25, 0.3) is 0 Å². The number of phenolic OH excluding ortho intramolecular Hbond substituents is 1. The summed E-state index contributed by atoms with van der Waals surface area (Å²) in [5.74, 6) is -0.701. The summed E-state index contributed by atoms with van der Waals surface area (Å²) in [6.45, 7) is 8.33. The van der Waals surface area contributed by atoms with Gasteiger partial charge in [0.1, 0.15) is 22.8 Å². The van der Waals surface area contributed by atoms with E-state index in [0.29, 0.717) is 11.1 Å². The number of carbonyl (C=O) groups is 2. The SMILES string of the molecule is COc1cccc2c1C(=O)c1c(OC(C)(C)C(C)O)c(C)c(C)c(O)c1C2=O. The van der Waals surface area contributed by atoms with Gasteiger partial charge >= 0.3 is 0 Å². The third kappa shape index (κ3) is 2.76. The second kappa shape index (κ2) is 6.63. The van der Waals surface area contributed by atoms with Crippen LogP contribution in [0.3, 0.4) is 0 Å². The van der Waals surface area contributed by atoms with Crippen molar-refractivity contribution in [2.45, 2.75) is 46.3 Å². The highest BCUT2D eigenvalue weighted by molar-refractivity contribution is 6.31. The fraction of sp³-hybridized carbons (Fsp3) is 0.364. The van der Waals surface area contributed by atoms with E-state index in [-0.39, 0.29) is 39.5 Å². The lowest BCUT2D eigenvalue weighted by atomic mass is 9.80. The van der Waals surface area contributed by atoms with Crippen molar-refractivity contribution in [3.05, 3.63) is 51.6 Å². The monoisotopic (exact) mass is 384 g/mol. The van der Waals surface area contributed by atoms with Gasteiger partial charge in [0, 0.05) is 5.56 Å². The maximum atomic E-state index is 13.4. The number of hydrogen-bond acceptors (Lipinski definition) is 6. The number of benzene rings is 2. The lowest BCUT2D eigenvalue weighted by Gasteiger charge is -2.33. The topological polar surface area (TPSA) is 93.1 Å². The van der Waals surface area contributed by atoms with Crippen molar-refractivity contribution in [2.24, 2.45) is 0 Å². The molecule has 0 aliphatic heterocycles. The van der Waals surface area contributed by atoms with Crippen LogP contribution in [0, 0.1) is 13.8 Å². The molecule has 1 atom stereocenters. The number of methoxy groups -OCH3 is 1. The first-order valence-corrected chi connectivity index (χ1v) is 9.02. The average molecular weight is 384 g/mol. The minimum atomic E-state index is -1.02. The minimum absolute atomic E-state index is 0.00340. The normalized spacial score (nSPS) is 14.4. The van der Waals surface area contributed by atoms with Crippen LogP contribution in [0.4, 0.5) is 0 Å². The molecule has 0 saturated carbocycles. The summed E-state index contributed by atoms with van der Waals surface area (Å²) < 4.78 is 11.4. The number of phenols is 1. The van der Waals surface area contributed by atoms with Crippen LogP contribution >= 0.6 is 0 Å². The summed E-state index contributed by atoms with van der Waals surface area (Å²) in [4.78, 5) is 26.6. The Kier molecular flexibility index (Phi) is 4.71. The molecule has 0 saturated heterocycles. The Hall–Kier alpha value is -2.86. The minimum Gasteiger partial charge on any atom is -0.507 e. The molecule has 0 bridgehead atoms. The number of carbonyl (C=O) groups excluding carboxylic acids is 2. The van der Waals surface area contributed by atoms with E-state index in [1.54, 1.807) is 46.8 Å². The van der Waals surface area contributed by atoms with Gasteiger partial charge in [-0.2, -0.15) is 0 Å². The number of aliphatic hydroxyl groups excluding tert-OH is 1. The van der Waals surface area contributed by atoms with E-state index in [0.717, 1.165) is 0 Å². The number of fused-ring (bicyclic) bond motifs is 2. The Bertz CT molecular complexity index is 1000. The molecule has 6 nitrogen and oxygen atoms in total. The van der Waals surface area contributed by atoms with Crippen molar-refractivity contribution in [3.63, 3.8) is 0 Å². The van der Waals surface area contributed by atoms with Gasteiger partial charge in [0.2, 0.25) is 5.78 Å². The lowest BCUT2D eigenvalue weighted by molar-refractivity contribution is -0.0184. The molecule has 3 rings (SSSR count). The molecule has 1 aliphatic carbocycles. The van der Waals surface area contributed by atoms with Crippen molar-refractivity contribution >= 4 is 11.6 Å². The van der Waals surface area contributed by atoms with Crippen molar-refractivity contribution < 1.29 is 29.3 Å². The van der Waals surface area contributed by atoms with E-state index in [4.69, 9.17) is 9.47 Å². The molecular weight excluding hydrogens is 360 g/mol. The number of hydrogen-bond donors (Lipinski definition) is 2. The molecule has 6 heteroatoms. The molecule has 1 aliphatic rings. The molecule has 148 valence electrons. The Balaban J connectivity index is 2.37. The molecule has 0 aromatic heterocycles. The van der Waals surface area contributed by atoms with E-state index in [1.165, 1.54) is 13.2 Å². The van der Waals surface area contributed by atoms with Gasteiger partial charge in [-0.15, -0.1) is 0 Å². The number of aromatic hydroxyl groups is 1. The molecule has 2 aromatic carbocycles. The van der Waals surface area contributed by atoms with Crippen LogP contribution < -0.4 is 9.47 Å². The van der Waals surface area contributed by atoms with Gasteiger partial charge in [-0.1, -0.05) is 12.1 Å². The summed E-state index contributed by atoms with van der Waals surface area (Å²) in [5.41, 5.74) is 0.196. The number of rotatable bonds is 4. The molecule has 2 N–H and O–H groups in total. The van der Waals surface area contributed by atoms with Gasteiger partial charge in [0.15, 0.2) is 5.78 Å². The zero-order valence-electron chi connectivity index (χ0n) is 16.8. The first-order chi connectivity index (χ1) is 13.0. The highest BCUT2D eigenvalue weighted by atomic mass is 16.5. The molecular formula is C22H24O6. The van der Waals surface area contributed by atoms with Gasteiger partial charge < -0.3 is 19.7 Å². The first-order valence-electron chi connectivity index (χ1n) is 9.02. The molecule has 1 unspecified atom stereocenters. The van der Waals surface area contributed by atoms with Gasteiger partial charge in [-0.05, 0) is 51.8 Å². The quantitative estimate of drug-likeness (QED) is 0.717. The molecule has 0 heterocycles. The number of ether oxygens (including phenoxy) is 2. The van der Waals surface area contributed by atoms with E-state index in [2.05, 4.69) is 0 Å². The molecule has 0 fully saturated rings. The molecule has 0 radical (unpaired) electrons. The third-order valence-electron chi connectivity index (χ3n) is 5.52. The summed E-state index contributed by atoms with van der Waals surface area (Å²) in [7, 11) is 1.43. The summed E-state index contributed by atoms with van der Waals surface area (Å²) in [6.07, 6.45) is -0.840. The van der Waals surface area contributed by atoms with Crippen LogP contribution in [0.25, 0.3) is 0 Å². The van der Waals surface area contributed by atoms with Crippen molar-refractivity contribution in [1.82, 2.24) is 0 Å². The predicted molar refractivity (Wildman–Crippen MR) is 104 cm³/mol. The largest absolute Gasteiger partial charge is 0.507 e. The van der Waals surface area contributed by atoms with E-state index >= 15 is 0 Å². The standard InChI is InChI=1S/C22H24O6/c1-10-11(2)21(28-22(4,5)12(3)23)17-16(18(10)24)19(25)13-8-7-9-14(27-6)15(13)20(17)26/h7-9,12,23-24H,1-6H3. The van der Waals surface area contributed by atoms with Crippen LogP contribution in [0.5, 0.6) is 17.2 Å². The van der Waals surface area contributed by atoms with E-state index in [9.17, 15) is 19.8 Å². The van der Waals surface area contributed by atoms with Crippen LogP contribution in [0.1, 0.15) is 63.7 Å². The number of ketones is 2. The molecule has 2 aromatic rings. The maximum absolute atomic E-state index is 13.4. The zero-order chi connectivity index (χ0) is 21.0. The van der Waals surface area contributed by atoms with Crippen LogP contribution in [-0.4, -0.2) is 40.6 Å². The highest BCUT2D eigenvalue weighted by Gasteiger charge is 2.40. The van der Waals surface area contributed by atoms with Gasteiger partial charge in [-0.25, -0.2) is 0 Å². The Labute approximate surface area is 163 Å². The summed E-state index contributed by atoms with van der Waals surface area (Å²) in [6, 6.07) is 4.77. The Morgan fingerprint density at radius 1 is 1.00 bits per heavy atom. The molecule has 28 heavy (non-hydrogen) atoms. The second-order valence-electron chi connectivity index (χ2n) is 7.60. The van der Waals surface area contributed by atoms with E-state index in [1.807, 2.05) is 0 Å².